The molecule has 1 unspecified atom stereocenters. The minimum Gasteiger partial charge on any atom is -0.481 e. The van der Waals surface area contributed by atoms with Crippen LogP contribution in [0.25, 0.3) is 0 Å². The van der Waals surface area contributed by atoms with E-state index in [1.165, 1.54) is 0 Å². The number of likely N-dealkylation sites (tertiary alicyclic amines) is 1. The van der Waals surface area contributed by atoms with Crippen LogP contribution in [0.15, 0.2) is 0 Å². The van der Waals surface area contributed by atoms with Crippen molar-refractivity contribution in [3.05, 3.63) is 0 Å². The molecule has 0 bridgehead atoms. The number of rotatable bonds is 4. The third-order valence-electron chi connectivity index (χ3n) is 4.37. The van der Waals surface area contributed by atoms with Crippen molar-refractivity contribution >= 4 is 23.8 Å². The third kappa shape index (κ3) is 3.40. The number of carbonyl (C=O) groups is 2. The fraction of sp³-hybridized carbons (Fsp3) is 0.857. The van der Waals surface area contributed by atoms with Crippen LogP contribution in [0.5, 0.6) is 0 Å². The van der Waals surface area contributed by atoms with E-state index >= 15 is 0 Å². The van der Waals surface area contributed by atoms with Gasteiger partial charge in [0.1, 0.15) is 0 Å². The van der Waals surface area contributed by atoms with Crippen LogP contribution < -0.4 is 5.32 Å². The van der Waals surface area contributed by atoms with Gasteiger partial charge >= 0.3 is 12.0 Å². The summed E-state index contributed by atoms with van der Waals surface area (Å²) in [6.07, 6.45) is 4.09. The number of nitrogens with one attached hydrogen (secondary N) is 1. The van der Waals surface area contributed by atoms with E-state index in [2.05, 4.69) is 5.32 Å². The van der Waals surface area contributed by atoms with Crippen molar-refractivity contribution < 1.29 is 14.7 Å². The number of nitrogens with zero attached hydrogens (tertiary/aromatic N) is 1. The van der Waals surface area contributed by atoms with Gasteiger partial charge in [-0.05, 0) is 37.2 Å². The molecule has 0 aromatic carbocycles. The van der Waals surface area contributed by atoms with E-state index in [-0.39, 0.29) is 12.1 Å². The molecule has 0 radical (unpaired) electrons. The molecule has 114 valence electrons. The zero-order valence-electron chi connectivity index (χ0n) is 12.1. The second-order valence-corrected chi connectivity index (χ2v) is 7.07. The Balaban J connectivity index is 1.90. The van der Waals surface area contributed by atoms with Crippen LogP contribution in [-0.4, -0.2) is 52.6 Å². The molecule has 2 amide bonds. The van der Waals surface area contributed by atoms with Gasteiger partial charge in [-0.15, -0.1) is 0 Å². The number of hydrogen-bond donors (Lipinski definition) is 2. The molecule has 20 heavy (non-hydrogen) atoms. The number of carbonyl (C=O) groups excluding carboxylic acids is 1. The molecule has 2 rings (SSSR count). The molecule has 0 saturated carbocycles. The van der Waals surface area contributed by atoms with Gasteiger partial charge in [-0.2, -0.15) is 11.8 Å². The Morgan fingerprint density at radius 3 is 2.70 bits per heavy atom. The number of hydrogen-bond acceptors (Lipinski definition) is 3. The van der Waals surface area contributed by atoms with Gasteiger partial charge in [0.25, 0.3) is 0 Å². The highest BCUT2D eigenvalue weighted by molar-refractivity contribution is 7.99. The number of thioether (sulfide) groups is 1. The Morgan fingerprint density at radius 1 is 1.40 bits per heavy atom. The zero-order chi connectivity index (χ0) is 14.6. The van der Waals surface area contributed by atoms with Crippen LogP contribution in [0.1, 0.15) is 39.0 Å². The van der Waals surface area contributed by atoms with Crippen molar-refractivity contribution in [2.24, 2.45) is 5.41 Å². The molecular formula is C14H24N2O3S. The monoisotopic (exact) mass is 300 g/mol. The number of carboxylic acids is 1. The van der Waals surface area contributed by atoms with Gasteiger partial charge < -0.3 is 15.3 Å². The molecule has 0 aliphatic carbocycles. The van der Waals surface area contributed by atoms with Crippen molar-refractivity contribution in [1.82, 2.24) is 10.2 Å². The first-order valence-electron chi connectivity index (χ1n) is 7.44. The number of carboxylic acid groups (broad SMARTS) is 1. The molecule has 0 aromatic rings. The Morgan fingerprint density at radius 2 is 2.10 bits per heavy atom. The van der Waals surface area contributed by atoms with Crippen molar-refractivity contribution in [1.29, 1.82) is 0 Å². The predicted molar refractivity (Wildman–Crippen MR) is 80.0 cm³/mol. The quantitative estimate of drug-likeness (QED) is 0.835. The molecule has 2 aliphatic heterocycles. The number of urea groups is 1. The van der Waals surface area contributed by atoms with Gasteiger partial charge in [-0.1, -0.05) is 13.3 Å². The molecule has 2 fully saturated rings. The lowest BCUT2D eigenvalue weighted by Crippen LogP contribution is -2.46. The fourth-order valence-electron chi connectivity index (χ4n) is 3.12. The first-order valence-corrected chi connectivity index (χ1v) is 8.59. The van der Waals surface area contributed by atoms with E-state index in [0.29, 0.717) is 25.9 Å². The van der Waals surface area contributed by atoms with Crippen molar-refractivity contribution in [3.63, 3.8) is 0 Å². The summed E-state index contributed by atoms with van der Waals surface area (Å²) in [4.78, 5) is 25.4. The van der Waals surface area contributed by atoms with Crippen LogP contribution >= 0.6 is 11.8 Å². The van der Waals surface area contributed by atoms with E-state index in [0.717, 1.165) is 30.8 Å². The standard InChI is InChI=1S/C14H24N2O3S/c1-2-5-14(12(17)18)6-7-16(10-14)13(19)15-11-3-8-20-9-4-11/h11H,2-10H2,1H3,(H,15,19)(H,17,18). The molecule has 2 aliphatic rings. The fourth-order valence-corrected chi connectivity index (χ4v) is 4.22. The van der Waals surface area contributed by atoms with Gasteiger partial charge in [-0.25, -0.2) is 4.79 Å². The summed E-state index contributed by atoms with van der Waals surface area (Å²) in [5.41, 5.74) is -0.728. The Bertz CT molecular complexity index is 371. The molecule has 1 atom stereocenters. The molecule has 0 spiro atoms. The van der Waals surface area contributed by atoms with Crippen LogP contribution in [0.3, 0.4) is 0 Å². The van der Waals surface area contributed by atoms with E-state index in [9.17, 15) is 14.7 Å². The smallest absolute Gasteiger partial charge is 0.317 e. The second-order valence-electron chi connectivity index (χ2n) is 5.84. The van der Waals surface area contributed by atoms with Crippen molar-refractivity contribution in [2.45, 2.75) is 45.1 Å². The Hall–Kier alpha value is -0.910. The van der Waals surface area contributed by atoms with Crippen LogP contribution in [0.4, 0.5) is 4.79 Å². The predicted octanol–water partition coefficient (Wildman–Crippen LogP) is 2.17. The summed E-state index contributed by atoms with van der Waals surface area (Å²) in [6, 6.07) is 0.177. The highest BCUT2D eigenvalue weighted by Crippen LogP contribution is 2.35. The maximum absolute atomic E-state index is 12.2. The summed E-state index contributed by atoms with van der Waals surface area (Å²) in [6.45, 7) is 2.90. The number of aliphatic carboxylic acids is 1. The van der Waals surface area contributed by atoms with Crippen molar-refractivity contribution in [3.8, 4) is 0 Å². The van der Waals surface area contributed by atoms with Crippen LogP contribution in [0, 0.1) is 5.41 Å². The van der Waals surface area contributed by atoms with Gasteiger partial charge in [0.05, 0.1) is 5.41 Å². The molecule has 2 heterocycles. The van der Waals surface area contributed by atoms with Gasteiger partial charge in [0.2, 0.25) is 0 Å². The first-order chi connectivity index (χ1) is 9.57. The summed E-state index contributed by atoms with van der Waals surface area (Å²) in [5.74, 6) is 1.43. The van der Waals surface area contributed by atoms with E-state index in [4.69, 9.17) is 0 Å². The van der Waals surface area contributed by atoms with E-state index < -0.39 is 11.4 Å². The van der Waals surface area contributed by atoms with Crippen LogP contribution in [-0.2, 0) is 4.79 Å². The molecule has 5 nitrogen and oxygen atoms in total. The van der Waals surface area contributed by atoms with E-state index in [1.54, 1.807) is 4.90 Å². The van der Waals surface area contributed by atoms with Crippen LogP contribution in [0.2, 0.25) is 0 Å². The number of amides is 2. The highest BCUT2D eigenvalue weighted by atomic mass is 32.2. The van der Waals surface area contributed by atoms with Crippen molar-refractivity contribution in [2.75, 3.05) is 24.6 Å². The average molecular weight is 300 g/mol. The molecule has 2 N–H and O–H groups in total. The lowest BCUT2D eigenvalue weighted by molar-refractivity contribution is -0.148. The van der Waals surface area contributed by atoms with Gasteiger partial charge in [0.15, 0.2) is 0 Å². The molecule has 0 aromatic heterocycles. The van der Waals surface area contributed by atoms with Gasteiger partial charge in [0, 0.05) is 19.1 Å². The zero-order valence-corrected chi connectivity index (χ0v) is 12.9. The summed E-state index contributed by atoms with van der Waals surface area (Å²) in [5, 5.41) is 12.5. The van der Waals surface area contributed by atoms with E-state index in [1.807, 2.05) is 18.7 Å². The van der Waals surface area contributed by atoms with Gasteiger partial charge in [-0.3, -0.25) is 4.79 Å². The Labute approximate surface area is 124 Å². The molecule has 2 saturated heterocycles. The Kier molecular flexibility index (Phi) is 5.18. The summed E-state index contributed by atoms with van der Waals surface area (Å²) in [7, 11) is 0. The topological polar surface area (TPSA) is 69.6 Å². The minimum atomic E-state index is -0.760. The highest BCUT2D eigenvalue weighted by Gasteiger charge is 2.45. The summed E-state index contributed by atoms with van der Waals surface area (Å²) >= 11 is 1.93. The lowest BCUT2D eigenvalue weighted by atomic mass is 9.83. The maximum atomic E-state index is 12.2. The molecule has 6 heteroatoms. The largest absolute Gasteiger partial charge is 0.481 e. The second kappa shape index (κ2) is 6.70. The lowest BCUT2D eigenvalue weighted by Gasteiger charge is -2.27. The SMILES string of the molecule is CCCC1(C(=O)O)CCN(C(=O)NC2CCSCC2)C1. The third-order valence-corrected chi connectivity index (χ3v) is 5.42. The first kappa shape index (κ1) is 15.5. The average Bonchev–Trinajstić information content (AvgIpc) is 2.86. The normalized spacial score (nSPS) is 27.6. The molecular weight excluding hydrogens is 276 g/mol. The maximum Gasteiger partial charge on any atom is 0.317 e. The minimum absolute atomic E-state index is 0.0823. The summed E-state index contributed by atoms with van der Waals surface area (Å²) < 4.78 is 0.